The smallest absolute Gasteiger partial charge is 0.270 e. The topological polar surface area (TPSA) is 55.1 Å². The molecule has 0 spiro atoms. The molecule has 1 saturated carbocycles. The molecule has 1 aromatic carbocycles. The molecule has 0 unspecified atom stereocenters. The van der Waals surface area contributed by atoms with Crippen LogP contribution in [0.1, 0.15) is 49.3 Å². The standard InChI is InChI=1S/C17H19ClN2O2/c18-14-9-5-4-8-13(14)11-20-16(22)10-15(21)17(19-20)12-6-2-1-3-7-12/h4-5,8-10,12,21H,1-3,6-7,11H2. The van der Waals surface area contributed by atoms with Crippen LogP contribution in [0.4, 0.5) is 0 Å². The molecule has 4 nitrogen and oxygen atoms in total. The maximum absolute atomic E-state index is 12.1. The van der Waals surface area contributed by atoms with Crippen molar-refractivity contribution in [2.45, 2.75) is 44.6 Å². The third-order valence-electron chi connectivity index (χ3n) is 4.28. The van der Waals surface area contributed by atoms with Crippen molar-refractivity contribution < 1.29 is 5.11 Å². The lowest BCUT2D eigenvalue weighted by molar-refractivity contribution is 0.392. The summed E-state index contributed by atoms with van der Waals surface area (Å²) in [6, 6.07) is 8.68. The Balaban J connectivity index is 1.94. The molecule has 3 rings (SSSR count). The number of rotatable bonds is 3. The van der Waals surface area contributed by atoms with Gasteiger partial charge in [-0.2, -0.15) is 5.10 Å². The zero-order chi connectivity index (χ0) is 15.5. The van der Waals surface area contributed by atoms with Crippen LogP contribution in [0.15, 0.2) is 35.1 Å². The van der Waals surface area contributed by atoms with Crippen molar-refractivity contribution in [1.29, 1.82) is 0 Å². The van der Waals surface area contributed by atoms with Gasteiger partial charge in [-0.15, -0.1) is 0 Å². The second-order valence-corrected chi connectivity index (χ2v) is 6.24. The highest BCUT2D eigenvalue weighted by molar-refractivity contribution is 6.31. The molecule has 1 aliphatic carbocycles. The quantitative estimate of drug-likeness (QED) is 0.938. The first-order valence-electron chi connectivity index (χ1n) is 7.69. The molecule has 0 aliphatic heterocycles. The molecule has 22 heavy (non-hydrogen) atoms. The van der Waals surface area contributed by atoms with E-state index in [1.54, 1.807) is 6.07 Å². The SMILES string of the molecule is O=c1cc(O)c(C2CCCCC2)nn1Cc1ccccc1Cl. The van der Waals surface area contributed by atoms with Gasteiger partial charge in [0.15, 0.2) is 0 Å². The van der Waals surface area contributed by atoms with E-state index in [-0.39, 0.29) is 17.2 Å². The Bertz CT molecular complexity index is 721. The highest BCUT2D eigenvalue weighted by Gasteiger charge is 2.21. The summed E-state index contributed by atoms with van der Waals surface area (Å²) in [5.41, 5.74) is 1.18. The summed E-state index contributed by atoms with van der Waals surface area (Å²) in [6.45, 7) is 0.318. The van der Waals surface area contributed by atoms with Gasteiger partial charge in [-0.3, -0.25) is 4.79 Å². The first-order chi connectivity index (χ1) is 10.6. The average Bonchev–Trinajstić information content (AvgIpc) is 2.53. The first-order valence-corrected chi connectivity index (χ1v) is 8.07. The van der Waals surface area contributed by atoms with E-state index in [1.165, 1.54) is 17.2 Å². The number of aromatic hydroxyl groups is 1. The Kier molecular flexibility index (Phi) is 4.48. The van der Waals surface area contributed by atoms with E-state index in [2.05, 4.69) is 5.10 Å². The molecular formula is C17H19ClN2O2. The molecule has 0 radical (unpaired) electrons. The molecule has 1 aliphatic rings. The van der Waals surface area contributed by atoms with Gasteiger partial charge in [0.2, 0.25) is 0 Å². The summed E-state index contributed by atoms with van der Waals surface area (Å²) >= 11 is 6.15. The highest BCUT2D eigenvalue weighted by atomic mass is 35.5. The molecule has 0 amide bonds. The Morgan fingerprint density at radius 3 is 2.68 bits per heavy atom. The van der Waals surface area contributed by atoms with Crippen molar-refractivity contribution in [1.82, 2.24) is 9.78 Å². The minimum absolute atomic E-state index is 0.0207. The summed E-state index contributed by atoms with van der Waals surface area (Å²) in [5.74, 6) is 0.263. The lowest BCUT2D eigenvalue weighted by Crippen LogP contribution is -2.25. The zero-order valence-corrected chi connectivity index (χ0v) is 13.1. The highest BCUT2D eigenvalue weighted by Crippen LogP contribution is 2.34. The molecule has 0 saturated heterocycles. The maximum Gasteiger partial charge on any atom is 0.270 e. The van der Waals surface area contributed by atoms with Crippen LogP contribution in [0, 0.1) is 0 Å². The first kappa shape index (κ1) is 15.1. The summed E-state index contributed by atoms with van der Waals surface area (Å²) in [4.78, 5) is 12.1. The lowest BCUT2D eigenvalue weighted by Gasteiger charge is -2.22. The Hall–Kier alpha value is -1.81. The summed E-state index contributed by atoms with van der Waals surface area (Å²) in [7, 11) is 0. The van der Waals surface area contributed by atoms with Gasteiger partial charge in [-0.05, 0) is 24.5 Å². The fourth-order valence-electron chi connectivity index (χ4n) is 3.06. The van der Waals surface area contributed by atoms with Crippen LogP contribution in [0.25, 0.3) is 0 Å². The van der Waals surface area contributed by atoms with Gasteiger partial charge in [0.1, 0.15) is 11.4 Å². The van der Waals surface area contributed by atoms with Crippen molar-refractivity contribution in [2.75, 3.05) is 0 Å². The van der Waals surface area contributed by atoms with Crippen LogP contribution in [0.5, 0.6) is 5.75 Å². The summed E-state index contributed by atoms with van der Waals surface area (Å²) in [6.07, 6.45) is 5.57. The second-order valence-electron chi connectivity index (χ2n) is 5.84. The molecule has 1 N–H and O–H groups in total. The molecule has 2 aromatic rings. The number of aromatic nitrogens is 2. The number of halogens is 1. The Morgan fingerprint density at radius 2 is 1.95 bits per heavy atom. The fourth-order valence-corrected chi connectivity index (χ4v) is 3.26. The number of benzene rings is 1. The normalized spacial score (nSPS) is 15.9. The van der Waals surface area contributed by atoms with Gasteiger partial charge in [0, 0.05) is 17.0 Å². The molecule has 1 heterocycles. The van der Waals surface area contributed by atoms with E-state index >= 15 is 0 Å². The van der Waals surface area contributed by atoms with E-state index in [1.807, 2.05) is 18.2 Å². The molecular weight excluding hydrogens is 300 g/mol. The number of hydrogen-bond acceptors (Lipinski definition) is 3. The fraction of sp³-hybridized carbons (Fsp3) is 0.412. The molecule has 1 aromatic heterocycles. The molecule has 5 heteroatoms. The maximum atomic E-state index is 12.1. The lowest BCUT2D eigenvalue weighted by atomic mass is 9.86. The van der Waals surface area contributed by atoms with Gasteiger partial charge < -0.3 is 5.11 Å². The molecule has 1 fully saturated rings. The third kappa shape index (κ3) is 3.17. The van der Waals surface area contributed by atoms with Crippen molar-refractivity contribution >= 4 is 11.6 Å². The van der Waals surface area contributed by atoms with Gasteiger partial charge in [0.25, 0.3) is 5.56 Å². The third-order valence-corrected chi connectivity index (χ3v) is 4.64. The largest absolute Gasteiger partial charge is 0.506 e. The van der Waals surface area contributed by atoms with Crippen molar-refractivity contribution in [2.24, 2.45) is 0 Å². The second kappa shape index (κ2) is 6.53. The van der Waals surface area contributed by atoms with Crippen LogP contribution in [-0.4, -0.2) is 14.9 Å². The minimum atomic E-state index is -0.308. The van der Waals surface area contributed by atoms with E-state index < -0.39 is 0 Å². The van der Waals surface area contributed by atoms with Crippen LogP contribution in [-0.2, 0) is 6.54 Å². The zero-order valence-electron chi connectivity index (χ0n) is 12.3. The summed E-state index contributed by atoms with van der Waals surface area (Å²) < 4.78 is 1.39. The monoisotopic (exact) mass is 318 g/mol. The van der Waals surface area contributed by atoms with Crippen molar-refractivity contribution in [3.63, 3.8) is 0 Å². The van der Waals surface area contributed by atoms with Gasteiger partial charge in [-0.1, -0.05) is 49.1 Å². The number of nitrogens with zero attached hydrogens (tertiary/aromatic N) is 2. The van der Waals surface area contributed by atoms with Crippen LogP contribution >= 0.6 is 11.6 Å². The van der Waals surface area contributed by atoms with Crippen LogP contribution in [0.3, 0.4) is 0 Å². The Labute approximate surface area is 134 Å². The van der Waals surface area contributed by atoms with E-state index in [0.29, 0.717) is 17.3 Å². The van der Waals surface area contributed by atoms with Gasteiger partial charge in [0.05, 0.1) is 6.54 Å². The van der Waals surface area contributed by atoms with E-state index in [4.69, 9.17) is 11.6 Å². The van der Waals surface area contributed by atoms with Gasteiger partial charge >= 0.3 is 0 Å². The molecule has 0 atom stereocenters. The average molecular weight is 319 g/mol. The van der Waals surface area contributed by atoms with E-state index in [9.17, 15) is 9.90 Å². The summed E-state index contributed by atoms with van der Waals surface area (Å²) in [5, 5.41) is 15.1. The van der Waals surface area contributed by atoms with Crippen LogP contribution < -0.4 is 5.56 Å². The van der Waals surface area contributed by atoms with Crippen molar-refractivity contribution in [3.8, 4) is 5.75 Å². The van der Waals surface area contributed by atoms with E-state index in [0.717, 1.165) is 31.2 Å². The minimum Gasteiger partial charge on any atom is -0.506 e. The number of hydrogen-bond donors (Lipinski definition) is 1. The predicted octanol–water partition coefficient (Wildman–Crippen LogP) is 3.70. The molecule has 0 bridgehead atoms. The van der Waals surface area contributed by atoms with Gasteiger partial charge in [-0.25, -0.2) is 4.68 Å². The van der Waals surface area contributed by atoms with Crippen molar-refractivity contribution in [3.05, 3.63) is 57.0 Å². The predicted molar refractivity (Wildman–Crippen MR) is 86.5 cm³/mol. The van der Waals surface area contributed by atoms with Crippen LogP contribution in [0.2, 0.25) is 5.02 Å². The molecule has 116 valence electrons. The Morgan fingerprint density at radius 1 is 1.23 bits per heavy atom.